The van der Waals surface area contributed by atoms with Crippen LogP contribution in [-0.2, 0) is 5.88 Å². The lowest BCUT2D eigenvalue weighted by atomic mass is 10.1. The molecule has 0 amide bonds. The highest BCUT2D eigenvalue weighted by atomic mass is 35.5. The number of aromatic nitrogens is 1. The molecule has 1 aromatic rings. The number of pyridine rings is 1. The Bertz CT molecular complexity index is 339. The molecule has 0 bridgehead atoms. The fourth-order valence-corrected chi connectivity index (χ4v) is 1.97. The summed E-state index contributed by atoms with van der Waals surface area (Å²) in [5.74, 6) is 1.83. The van der Waals surface area contributed by atoms with Gasteiger partial charge in [-0.1, -0.05) is 19.9 Å². The Labute approximate surface area is 103 Å². The first-order chi connectivity index (χ1) is 7.52. The monoisotopic (exact) mass is 241 g/mol. The summed E-state index contributed by atoms with van der Waals surface area (Å²) in [4.78, 5) is 4.38. The van der Waals surface area contributed by atoms with Crippen molar-refractivity contribution in [2.75, 3.05) is 0 Å². The Morgan fingerprint density at radius 1 is 1.31 bits per heavy atom. The smallest absolute Gasteiger partial charge is 0.213 e. The second-order valence-electron chi connectivity index (χ2n) is 4.59. The molecular formula is C13H20ClNO. The molecule has 0 aromatic carbocycles. The summed E-state index contributed by atoms with van der Waals surface area (Å²) in [5.41, 5.74) is 2.01. The number of ether oxygens (including phenoxy) is 1. The molecule has 1 heterocycles. The van der Waals surface area contributed by atoms with E-state index in [1.54, 1.807) is 0 Å². The van der Waals surface area contributed by atoms with E-state index in [1.165, 1.54) is 0 Å². The number of halogens is 1. The first kappa shape index (κ1) is 13.3. The first-order valence-electron chi connectivity index (χ1n) is 5.72. The van der Waals surface area contributed by atoms with Crippen LogP contribution in [0.1, 0.15) is 38.4 Å². The van der Waals surface area contributed by atoms with Crippen molar-refractivity contribution >= 4 is 11.6 Å². The number of rotatable bonds is 5. The molecule has 0 saturated heterocycles. The third kappa shape index (κ3) is 4.01. The van der Waals surface area contributed by atoms with Crippen LogP contribution in [0.25, 0.3) is 0 Å². The van der Waals surface area contributed by atoms with E-state index in [9.17, 15) is 0 Å². The zero-order chi connectivity index (χ0) is 12.1. The van der Waals surface area contributed by atoms with E-state index in [1.807, 2.05) is 19.1 Å². The summed E-state index contributed by atoms with van der Waals surface area (Å²) in [6.07, 6.45) is 1.24. The lowest BCUT2D eigenvalue weighted by Crippen LogP contribution is -2.15. The molecule has 0 aliphatic heterocycles. The van der Waals surface area contributed by atoms with E-state index < -0.39 is 0 Å². The second kappa shape index (κ2) is 6.09. The molecule has 1 aromatic heterocycles. The van der Waals surface area contributed by atoms with Crippen molar-refractivity contribution in [1.29, 1.82) is 0 Å². The van der Waals surface area contributed by atoms with Gasteiger partial charge in [-0.2, -0.15) is 0 Å². The van der Waals surface area contributed by atoms with Crippen LogP contribution >= 0.6 is 11.6 Å². The van der Waals surface area contributed by atoms with Crippen molar-refractivity contribution in [2.45, 2.75) is 46.1 Å². The number of hydrogen-bond acceptors (Lipinski definition) is 2. The molecule has 0 fully saturated rings. The van der Waals surface area contributed by atoms with Crippen molar-refractivity contribution in [3.63, 3.8) is 0 Å². The van der Waals surface area contributed by atoms with E-state index >= 15 is 0 Å². The molecule has 0 saturated carbocycles. The van der Waals surface area contributed by atoms with Crippen LogP contribution in [-0.4, -0.2) is 11.1 Å². The topological polar surface area (TPSA) is 22.1 Å². The molecule has 16 heavy (non-hydrogen) atoms. The van der Waals surface area contributed by atoms with Gasteiger partial charge in [-0.05, 0) is 31.7 Å². The van der Waals surface area contributed by atoms with Gasteiger partial charge in [-0.15, -0.1) is 11.6 Å². The fourth-order valence-electron chi connectivity index (χ4n) is 1.69. The quantitative estimate of drug-likeness (QED) is 0.729. The highest BCUT2D eigenvalue weighted by Gasteiger charge is 2.08. The summed E-state index contributed by atoms with van der Waals surface area (Å²) in [6, 6.07) is 3.87. The van der Waals surface area contributed by atoms with Crippen LogP contribution in [0.2, 0.25) is 0 Å². The molecule has 1 unspecified atom stereocenters. The molecule has 0 aliphatic rings. The van der Waals surface area contributed by atoms with Crippen LogP contribution in [0.15, 0.2) is 12.1 Å². The van der Waals surface area contributed by atoms with Crippen LogP contribution in [0, 0.1) is 12.8 Å². The number of alkyl halides is 1. The van der Waals surface area contributed by atoms with Gasteiger partial charge in [0.05, 0.1) is 6.10 Å². The van der Waals surface area contributed by atoms with Crippen molar-refractivity contribution in [3.8, 4) is 5.88 Å². The number of aryl methyl sites for hydroxylation is 1. The van der Waals surface area contributed by atoms with Crippen molar-refractivity contribution in [2.24, 2.45) is 5.92 Å². The predicted molar refractivity (Wildman–Crippen MR) is 68.1 cm³/mol. The van der Waals surface area contributed by atoms with E-state index in [0.717, 1.165) is 17.7 Å². The SMILES string of the molecule is Cc1nc(OC(C)CC(C)C)ccc1CCl. The Morgan fingerprint density at radius 3 is 2.50 bits per heavy atom. The number of nitrogens with zero attached hydrogens (tertiary/aromatic N) is 1. The molecular weight excluding hydrogens is 222 g/mol. The van der Waals surface area contributed by atoms with E-state index in [0.29, 0.717) is 17.7 Å². The Balaban J connectivity index is 2.64. The molecule has 2 nitrogen and oxygen atoms in total. The van der Waals surface area contributed by atoms with Crippen LogP contribution < -0.4 is 4.74 Å². The van der Waals surface area contributed by atoms with Gasteiger partial charge < -0.3 is 4.74 Å². The number of hydrogen-bond donors (Lipinski definition) is 0. The predicted octanol–water partition coefficient (Wildman–Crippen LogP) is 3.94. The fraction of sp³-hybridized carbons (Fsp3) is 0.615. The molecule has 90 valence electrons. The van der Waals surface area contributed by atoms with Gasteiger partial charge in [0.2, 0.25) is 5.88 Å². The second-order valence-corrected chi connectivity index (χ2v) is 4.85. The average molecular weight is 242 g/mol. The van der Waals surface area contributed by atoms with Gasteiger partial charge in [0.15, 0.2) is 0 Å². The molecule has 1 atom stereocenters. The average Bonchev–Trinajstić information content (AvgIpc) is 2.16. The Kier molecular flexibility index (Phi) is 5.07. The zero-order valence-corrected chi connectivity index (χ0v) is 11.2. The Hall–Kier alpha value is -0.760. The van der Waals surface area contributed by atoms with Gasteiger partial charge in [0.1, 0.15) is 0 Å². The molecule has 0 radical (unpaired) electrons. The highest BCUT2D eigenvalue weighted by molar-refractivity contribution is 6.17. The minimum atomic E-state index is 0.203. The summed E-state index contributed by atoms with van der Waals surface area (Å²) in [5, 5.41) is 0. The van der Waals surface area contributed by atoms with Gasteiger partial charge >= 0.3 is 0 Å². The van der Waals surface area contributed by atoms with Crippen LogP contribution in [0.5, 0.6) is 5.88 Å². The van der Waals surface area contributed by atoms with Crippen LogP contribution in [0.4, 0.5) is 0 Å². The van der Waals surface area contributed by atoms with E-state index in [4.69, 9.17) is 16.3 Å². The highest BCUT2D eigenvalue weighted by Crippen LogP contribution is 2.17. The summed E-state index contributed by atoms with van der Waals surface area (Å²) < 4.78 is 5.75. The van der Waals surface area contributed by atoms with Crippen molar-refractivity contribution in [3.05, 3.63) is 23.4 Å². The largest absolute Gasteiger partial charge is 0.475 e. The lowest BCUT2D eigenvalue weighted by Gasteiger charge is -2.16. The van der Waals surface area contributed by atoms with E-state index in [-0.39, 0.29) is 6.10 Å². The van der Waals surface area contributed by atoms with Gasteiger partial charge in [0.25, 0.3) is 0 Å². The summed E-state index contributed by atoms with van der Waals surface area (Å²) in [6.45, 7) is 8.41. The summed E-state index contributed by atoms with van der Waals surface area (Å²) >= 11 is 5.78. The first-order valence-corrected chi connectivity index (χ1v) is 6.25. The van der Waals surface area contributed by atoms with Gasteiger partial charge in [-0.3, -0.25) is 0 Å². The maximum Gasteiger partial charge on any atom is 0.213 e. The molecule has 0 N–H and O–H groups in total. The van der Waals surface area contributed by atoms with Crippen molar-refractivity contribution < 1.29 is 4.74 Å². The molecule has 0 spiro atoms. The standard InChI is InChI=1S/C13H20ClNO/c1-9(2)7-10(3)16-13-6-5-12(8-14)11(4)15-13/h5-6,9-10H,7-8H2,1-4H3. The zero-order valence-electron chi connectivity index (χ0n) is 10.5. The van der Waals surface area contributed by atoms with Crippen molar-refractivity contribution in [1.82, 2.24) is 4.98 Å². The summed E-state index contributed by atoms with van der Waals surface area (Å²) in [7, 11) is 0. The molecule has 1 rings (SSSR count). The minimum Gasteiger partial charge on any atom is -0.475 e. The Morgan fingerprint density at radius 2 is 2.00 bits per heavy atom. The molecule has 0 aliphatic carbocycles. The normalized spacial score (nSPS) is 12.9. The van der Waals surface area contributed by atoms with Gasteiger partial charge in [0, 0.05) is 17.6 Å². The van der Waals surface area contributed by atoms with E-state index in [2.05, 4.69) is 25.8 Å². The molecule has 3 heteroatoms. The van der Waals surface area contributed by atoms with Crippen LogP contribution in [0.3, 0.4) is 0 Å². The van der Waals surface area contributed by atoms with Gasteiger partial charge in [-0.25, -0.2) is 4.98 Å². The third-order valence-corrected chi connectivity index (χ3v) is 2.73. The lowest BCUT2D eigenvalue weighted by molar-refractivity contribution is 0.185. The minimum absolute atomic E-state index is 0.203. The maximum absolute atomic E-state index is 5.78. The maximum atomic E-state index is 5.78. The third-order valence-electron chi connectivity index (χ3n) is 2.44.